The number of fused-ring (bicyclic) bond motifs is 1. The Morgan fingerprint density at radius 3 is 2.62 bits per heavy atom. The molecule has 0 aliphatic carbocycles. The minimum Gasteiger partial charge on any atom is -0.497 e. The van der Waals surface area contributed by atoms with Gasteiger partial charge in [0.1, 0.15) is 17.0 Å². The molecule has 0 unspecified atom stereocenters. The van der Waals surface area contributed by atoms with E-state index in [-0.39, 0.29) is 17.0 Å². The Morgan fingerprint density at radius 1 is 1.03 bits per heavy atom. The molecular weight excluding hydrogens is 402 g/mol. The van der Waals surface area contributed by atoms with Crippen LogP contribution >= 0.6 is 0 Å². The third-order valence-electron chi connectivity index (χ3n) is 5.39. The number of amides is 1. The highest BCUT2D eigenvalue weighted by atomic mass is 16.5. The summed E-state index contributed by atoms with van der Waals surface area (Å²) in [6.45, 7) is 2.77. The molecule has 0 atom stereocenters. The fourth-order valence-electron chi connectivity index (χ4n) is 3.64. The van der Waals surface area contributed by atoms with Crippen LogP contribution in [0, 0.1) is 6.92 Å². The minimum absolute atomic E-state index is 0.114. The van der Waals surface area contributed by atoms with Crippen LogP contribution in [0.25, 0.3) is 11.0 Å². The minimum atomic E-state index is -0.388. The van der Waals surface area contributed by atoms with Crippen molar-refractivity contribution in [3.8, 4) is 5.75 Å². The van der Waals surface area contributed by atoms with Gasteiger partial charge < -0.3 is 10.1 Å². The van der Waals surface area contributed by atoms with Gasteiger partial charge in [0.15, 0.2) is 0 Å². The first-order valence-electron chi connectivity index (χ1n) is 10.5. The van der Waals surface area contributed by atoms with Gasteiger partial charge in [-0.15, -0.1) is 0 Å². The van der Waals surface area contributed by atoms with Gasteiger partial charge in [0.05, 0.1) is 13.7 Å². The molecule has 2 aromatic carbocycles. The average molecular weight is 428 g/mol. The monoisotopic (exact) mass is 427 g/mol. The molecule has 0 spiro atoms. The number of benzene rings is 2. The van der Waals surface area contributed by atoms with Crippen LogP contribution in [-0.4, -0.2) is 29.1 Å². The topological polar surface area (TPSA) is 73.2 Å². The quantitative estimate of drug-likeness (QED) is 0.488. The number of nitrogens with one attached hydrogen (secondary N) is 1. The lowest BCUT2D eigenvalue weighted by molar-refractivity contribution is 0.0952. The summed E-state index contributed by atoms with van der Waals surface area (Å²) in [5, 5.41) is 3.62. The molecule has 4 aromatic rings. The van der Waals surface area contributed by atoms with E-state index in [4.69, 9.17) is 4.74 Å². The van der Waals surface area contributed by atoms with Crippen molar-refractivity contribution >= 4 is 16.9 Å². The number of rotatable bonds is 7. The van der Waals surface area contributed by atoms with E-state index in [9.17, 15) is 9.59 Å². The van der Waals surface area contributed by atoms with Crippen molar-refractivity contribution in [2.75, 3.05) is 13.7 Å². The molecular formula is C26H25N3O3. The second kappa shape index (κ2) is 9.47. The van der Waals surface area contributed by atoms with E-state index in [1.54, 1.807) is 30.0 Å². The van der Waals surface area contributed by atoms with Crippen molar-refractivity contribution in [2.45, 2.75) is 19.9 Å². The smallest absolute Gasteiger partial charge is 0.265 e. The molecule has 6 heteroatoms. The second-order valence-electron chi connectivity index (χ2n) is 7.71. The third-order valence-corrected chi connectivity index (χ3v) is 5.39. The van der Waals surface area contributed by atoms with E-state index in [1.807, 2.05) is 61.5 Å². The van der Waals surface area contributed by atoms with Crippen molar-refractivity contribution in [1.29, 1.82) is 0 Å². The summed E-state index contributed by atoms with van der Waals surface area (Å²) in [4.78, 5) is 30.6. The fourth-order valence-corrected chi connectivity index (χ4v) is 3.64. The van der Waals surface area contributed by atoms with Crippen molar-refractivity contribution < 1.29 is 9.53 Å². The zero-order chi connectivity index (χ0) is 22.5. The molecule has 0 radical (unpaired) electrons. The molecule has 2 heterocycles. The molecule has 0 saturated carbocycles. The Labute approximate surface area is 186 Å². The molecule has 4 rings (SSSR count). The van der Waals surface area contributed by atoms with Crippen LogP contribution in [0.5, 0.6) is 5.75 Å². The highest BCUT2D eigenvalue weighted by Crippen LogP contribution is 2.14. The van der Waals surface area contributed by atoms with Crippen LogP contribution in [0.2, 0.25) is 0 Å². The Hall–Kier alpha value is -3.93. The van der Waals surface area contributed by atoms with Gasteiger partial charge in [-0.25, -0.2) is 4.98 Å². The number of methoxy groups -OCH3 is 1. The number of carbonyl (C=O) groups is 1. The first-order chi connectivity index (χ1) is 15.5. The van der Waals surface area contributed by atoms with Crippen LogP contribution in [-0.2, 0) is 13.0 Å². The van der Waals surface area contributed by atoms with Gasteiger partial charge in [-0.2, -0.15) is 0 Å². The van der Waals surface area contributed by atoms with Crippen molar-refractivity contribution in [1.82, 2.24) is 14.9 Å². The highest BCUT2D eigenvalue weighted by molar-refractivity contribution is 5.96. The van der Waals surface area contributed by atoms with E-state index in [1.165, 1.54) is 0 Å². The summed E-state index contributed by atoms with van der Waals surface area (Å²) in [6.07, 6.45) is 2.29. The predicted molar refractivity (Wildman–Crippen MR) is 125 cm³/mol. The van der Waals surface area contributed by atoms with E-state index in [2.05, 4.69) is 10.3 Å². The van der Waals surface area contributed by atoms with Gasteiger partial charge in [-0.3, -0.25) is 14.2 Å². The molecule has 2 aromatic heterocycles. The first kappa shape index (κ1) is 21.3. The van der Waals surface area contributed by atoms with E-state index >= 15 is 0 Å². The van der Waals surface area contributed by atoms with Crippen molar-refractivity contribution in [2.24, 2.45) is 0 Å². The lowest BCUT2D eigenvalue weighted by Crippen LogP contribution is -2.34. The fraction of sp³-hybridized carbons (Fsp3) is 0.192. The summed E-state index contributed by atoms with van der Waals surface area (Å²) >= 11 is 0. The molecule has 0 fully saturated rings. The molecule has 0 aliphatic heterocycles. The van der Waals surface area contributed by atoms with Gasteiger partial charge in [-0.05, 0) is 54.8 Å². The van der Waals surface area contributed by atoms with Gasteiger partial charge in [-0.1, -0.05) is 42.0 Å². The molecule has 0 saturated heterocycles. The lowest BCUT2D eigenvalue weighted by atomic mass is 10.1. The molecule has 6 nitrogen and oxygen atoms in total. The van der Waals surface area contributed by atoms with Crippen LogP contribution < -0.4 is 15.6 Å². The molecule has 1 amide bonds. The zero-order valence-corrected chi connectivity index (χ0v) is 18.2. The number of hydrogen-bond donors (Lipinski definition) is 1. The Balaban J connectivity index is 1.59. The van der Waals surface area contributed by atoms with E-state index in [0.29, 0.717) is 25.2 Å². The van der Waals surface area contributed by atoms with Gasteiger partial charge in [0.2, 0.25) is 0 Å². The number of ether oxygens (including phenoxy) is 1. The molecule has 32 heavy (non-hydrogen) atoms. The normalized spacial score (nSPS) is 10.8. The molecule has 0 aliphatic rings. The SMILES string of the molecule is COc1cccc(CCNC(=O)c2cc3cccnc3n(Cc3ccc(C)cc3)c2=O)c1. The Morgan fingerprint density at radius 2 is 1.84 bits per heavy atom. The van der Waals surface area contributed by atoms with Crippen LogP contribution in [0.15, 0.2) is 77.7 Å². The van der Waals surface area contributed by atoms with Gasteiger partial charge >= 0.3 is 0 Å². The first-order valence-corrected chi connectivity index (χ1v) is 10.5. The number of carbonyl (C=O) groups excluding carboxylic acids is 1. The summed E-state index contributed by atoms with van der Waals surface area (Å²) in [5.74, 6) is 0.385. The number of aryl methyl sites for hydroxylation is 1. The van der Waals surface area contributed by atoms with Crippen molar-refractivity contribution in [3.05, 3.63) is 106 Å². The van der Waals surface area contributed by atoms with Crippen LogP contribution in [0.1, 0.15) is 27.0 Å². The maximum atomic E-state index is 13.3. The summed E-state index contributed by atoms with van der Waals surface area (Å²) in [6, 6.07) is 21.0. The zero-order valence-electron chi connectivity index (χ0n) is 18.2. The molecule has 162 valence electrons. The number of aromatic nitrogens is 2. The summed E-state index contributed by atoms with van der Waals surface area (Å²) < 4.78 is 6.81. The largest absolute Gasteiger partial charge is 0.497 e. The van der Waals surface area contributed by atoms with Gasteiger partial charge in [0, 0.05) is 18.1 Å². The van der Waals surface area contributed by atoms with Gasteiger partial charge in [0.25, 0.3) is 11.5 Å². The Bertz CT molecular complexity index is 1310. The average Bonchev–Trinajstić information content (AvgIpc) is 2.82. The van der Waals surface area contributed by atoms with E-state index < -0.39 is 0 Å². The summed E-state index contributed by atoms with van der Waals surface area (Å²) in [5.41, 5.74) is 3.49. The molecule has 1 N–H and O–H groups in total. The third kappa shape index (κ3) is 4.70. The highest BCUT2D eigenvalue weighted by Gasteiger charge is 2.16. The Kier molecular flexibility index (Phi) is 6.31. The standard InChI is InChI=1S/C26H25N3O3/c1-18-8-10-20(11-9-18)17-29-24-21(6-4-13-27-24)16-23(26(29)31)25(30)28-14-12-19-5-3-7-22(15-19)32-2/h3-11,13,15-16H,12,14,17H2,1-2H3,(H,28,30). The predicted octanol–water partition coefficient (Wildman–Crippen LogP) is 3.73. The number of nitrogens with zero attached hydrogens (tertiary/aromatic N) is 2. The van der Waals surface area contributed by atoms with Crippen molar-refractivity contribution in [3.63, 3.8) is 0 Å². The second-order valence-corrected chi connectivity index (χ2v) is 7.71. The number of pyridine rings is 2. The van der Waals surface area contributed by atoms with Crippen LogP contribution in [0.3, 0.4) is 0 Å². The van der Waals surface area contributed by atoms with E-state index in [0.717, 1.165) is 27.8 Å². The maximum Gasteiger partial charge on any atom is 0.265 e. The number of hydrogen-bond acceptors (Lipinski definition) is 4. The van der Waals surface area contributed by atoms with Crippen LogP contribution in [0.4, 0.5) is 0 Å². The maximum absolute atomic E-state index is 13.3. The molecule has 0 bridgehead atoms. The summed E-state index contributed by atoms with van der Waals surface area (Å²) in [7, 11) is 1.62. The lowest BCUT2D eigenvalue weighted by Gasteiger charge is -2.13.